The van der Waals surface area contributed by atoms with E-state index in [9.17, 15) is 0 Å². The first-order valence-corrected chi connectivity index (χ1v) is 7.94. The van der Waals surface area contributed by atoms with Crippen LogP contribution in [-0.2, 0) is 4.74 Å². The van der Waals surface area contributed by atoms with Crippen LogP contribution in [0.1, 0.15) is 22.8 Å². The lowest BCUT2D eigenvalue weighted by molar-refractivity contribution is 0.0687. The van der Waals surface area contributed by atoms with Gasteiger partial charge in [0.2, 0.25) is 0 Å². The average molecular weight is 348 g/mol. The molecule has 3 heteroatoms. The van der Waals surface area contributed by atoms with Crippen molar-refractivity contribution in [2.24, 2.45) is 0 Å². The predicted octanol–water partition coefficient (Wildman–Crippen LogP) is 4.43. The molecule has 1 atom stereocenters. The van der Waals surface area contributed by atoms with Gasteiger partial charge < -0.3 is 9.64 Å². The zero-order chi connectivity index (χ0) is 15.2. The van der Waals surface area contributed by atoms with Gasteiger partial charge in [0.1, 0.15) is 6.10 Å². The van der Waals surface area contributed by atoms with Gasteiger partial charge in [-0.1, -0.05) is 57.9 Å². The number of halogens is 1. The summed E-state index contributed by atoms with van der Waals surface area (Å²) < 4.78 is 7.23. The molecule has 1 unspecified atom stereocenters. The molecule has 0 N–H and O–H groups in total. The molecule has 0 fully saturated rings. The van der Waals surface area contributed by atoms with Gasteiger partial charge in [0.25, 0.3) is 0 Å². The van der Waals surface area contributed by atoms with Crippen LogP contribution in [-0.4, -0.2) is 32.1 Å². The highest BCUT2D eigenvalue weighted by Gasteiger charge is 2.14. The molecule has 0 heterocycles. The molecule has 0 aliphatic rings. The molecule has 0 aliphatic carbocycles. The Morgan fingerprint density at radius 3 is 2.00 bits per heavy atom. The molecule has 0 aliphatic heterocycles. The minimum Gasteiger partial charge on any atom is -0.367 e. The first-order chi connectivity index (χ1) is 10.1. The van der Waals surface area contributed by atoms with Crippen molar-refractivity contribution < 1.29 is 4.74 Å². The Balaban J connectivity index is 2.21. The Morgan fingerprint density at radius 1 is 0.952 bits per heavy atom. The third kappa shape index (κ3) is 4.95. The zero-order valence-corrected chi connectivity index (χ0v) is 14.4. The van der Waals surface area contributed by atoms with Crippen LogP contribution in [0.5, 0.6) is 0 Å². The maximum absolute atomic E-state index is 6.15. The van der Waals surface area contributed by atoms with Gasteiger partial charge in [0, 0.05) is 11.0 Å². The van der Waals surface area contributed by atoms with Crippen molar-refractivity contribution in [2.45, 2.75) is 13.0 Å². The van der Waals surface area contributed by atoms with E-state index in [1.807, 2.05) is 0 Å². The standard InChI is InChI=1S/C18H22BrNO/c1-14-4-6-15(7-5-14)18(21-13-12-20(2)3)16-8-10-17(19)11-9-16/h4-11,18H,12-13H2,1-3H3. The minimum atomic E-state index is -0.0151. The Morgan fingerprint density at radius 2 is 1.48 bits per heavy atom. The number of nitrogens with zero attached hydrogens (tertiary/aromatic N) is 1. The van der Waals surface area contributed by atoms with Crippen LogP contribution in [0.3, 0.4) is 0 Å². The van der Waals surface area contributed by atoms with E-state index in [1.165, 1.54) is 16.7 Å². The maximum atomic E-state index is 6.15. The summed E-state index contributed by atoms with van der Waals surface area (Å²) >= 11 is 3.48. The number of aryl methyl sites for hydroxylation is 1. The van der Waals surface area contributed by atoms with Crippen molar-refractivity contribution in [3.8, 4) is 0 Å². The lowest BCUT2D eigenvalue weighted by atomic mass is 10.0. The van der Waals surface area contributed by atoms with Gasteiger partial charge >= 0.3 is 0 Å². The predicted molar refractivity (Wildman–Crippen MR) is 91.7 cm³/mol. The maximum Gasteiger partial charge on any atom is 0.108 e. The van der Waals surface area contributed by atoms with Gasteiger partial charge in [-0.05, 0) is 44.3 Å². The van der Waals surface area contributed by atoms with E-state index in [0.717, 1.165) is 11.0 Å². The van der Waals surface area contributed by atoms with Crippen molar-refractivity contribution in [1.29, 1.82) is 0 Å². The Hall–Kier alpha value is -1.16. The van der Waals surface area contributed by atoms with E-state index in [2.05, 4.69) is 90.4 Å². The van der Waals surface area contributed by atoms with Crippen LogP contribution >= 0.6 is 15.9 Å². The molecular weight excluding hydrogens is 326 g/mol. The Bertz CT molecular complexity index is 503. The topological polar surface area (TPSA) is 12.5 Å². The van der Waals surface area contributed by atoms with Crippen molar-refractivity contribution in [3.63, 3.8) is 0 Å². The first-order valence-electron chi connectivity index (χ1n) is 7.14. The smallest absolute Gasteiger partial charge is 0.108 e. The van der Waals surface area contributed by atoms with Gasteiger partial charge in [-0.2, -0.15) is 0 Å². The van der Waals surface area contributed by atoms with Gasteiger partial charge in [-0.15, -0.1) is 0 Å². The van der Waals surface area contributed by atoms with Crippen molar-refractivity contribution >= 4 is 15.9 Å². The van der Waals surface area contributed by atoms with Crippen LogP contribution in [0.15, 0.2) is 53.0 Å². The molecular formula is C18H22BrNO. The number of hydrogen-bond acceptors (Lipinski definition) is 2. The van der Waals surface area contributed by atoms with Gasteiger partial charge in [-0.3, -0.25) is 0 Å². The fraction of sp³-hybridized carbons (Fsp3) is 0.333. The monoisotopic (exact) mass is 347 g/mol. The van der Waals surface area contributed by atoms with Crippen LogP contribution in [0, 0.1) is 6.92 Å². The molecule has 112 valence electrons. The molecule has 0 radical (unpaired) electrons. The van der Waals surface area contributed by atoms with Crippen LogP contribution in [0.4, 0.5) is 0 Å². The molecule has 0 aromatic heterocycles. The molecule has 0 bridgehead atoms. The normalized spacial score (nSPS) is 12.6. The van der Waals surface area contributed by atoms with E-state index >= 15 is 0 Å². The number of benzene rings is 2. The fourth-order valence-corrected chi connectivity index (χ4v) is 2.38. The molecule has 0 spiro atoms. The molecule has 0 amide bonds. The molecule has 2 rings (SSSR count). The van der Waals surface area contributed by atoms with Crippen molar-refractivity contribution in [2.75, 3.05) is 27.2 Å². The van der Waals surface area contributed by atoms with E-state index in [0.29, 0.717) is 6.61 Å². The molecule has 2 nitrogen and oxygen atoms in total. The second-order valence-corrected chi connectivity index (χ2v) is 6.43. The molecule has 2 aromatic carbocycles. The zero-order valence-electron chi connectivity index (χ0n) is 12.8. The van der Waals surface area contributed by atoms with Gasteiger partial charge in [-0.25, -0.2) is 0 Å². The number of hydrogen-bond donors (Lipinski definition) is 0. The highest BCUT2D eigenvalue weighted by Crippen LogP contribution is 2.27. The summed E-state index contributed by atoms with van der Waals surface area (Å²) in [6, 6.07) is 16.9. The SMILES string of the molecule is Cc1ccc(C(OCCN(C)C)c2ccc(Br)cc2)cc1. The average Bonchev–Trinajstić information content (AvgIpc) is 2.46. The van der Waals surface area contributed by atoms with E-state index in [-0.39, 0.29) is 6.10 Å². The van der Waals surface area contributed by atoms with Crippen molar-refractivity contribution in [3.05, 3.63) is 69.7 Å². The molecule has 0 saturated heterocycles. The lowest BCUT2D eigenvalue weighted by Gasteiger charge is -2.20. The summed E-state index contributed by atoms with van der Waals surface area (Å²) in [6.45, 7) is 3.73. The second kappa shape index (κ2) is 7.74. The molecule has 0 saturated carbocycles. The summed E-state index contributed by atoms with van der Waals surface area (Å²) in [4.78, 5) is 2.13. The Labute approximate surface area is 135 Å². The molecule has 2 aromatic rings. The van der Waals surface area contributed by atoms with E-state index < -0.39 is 0 Å². The summed E-state index contributed by atoms with van der Waals surface area (Å²) in [5.41, 5.74) is 3.64. The van der Waals surface area contributed by atoms with Crippen LogP contribution in [0.2, 0.25) is 0 Å². The fourth-order valence-electron chi connectivity index (χ4n) is 2.12. The first kappa shape index (κ1) is 16.2. The Kier molecular flexibility index (Phi) is 5.97. The minimum absolute atomic E-state index is 0.0151. The summed E-state index contributed by atoms with van der Waals surface area (Å²) in [6.07, 6.45) is -0.0151. The lowest BCUT2D eigenvalue weighted by Crippen LogP contribution is -2.20. The highest BCUT2D eigenvalue weighted by atomic mass is 79.9. The number of ether oxygens (including phenoxy) is 1. The number of likely N-dealkylation sites (N-methyl/N-ethyl adjacent to an activating group) is 1. The largest absolute Gasteiger partial charge is 0.367 e. The van der Waals surface area contributed by atoms with Crippen LogP contribution in [0.25, 0.3) is 0 Å². The highest BCUT2D eigenvalue weighted by molar-refractivity contribution is 9.10. The number of rotatable bonds is 6. The summed E-state index contributed by atoms with van der Waals surface area (Å²) in [7, 11) is 4.12. The van der Waals surface area contributed by atoms with E-state index in [4.69, 9.17) is 4.74 Å². The third-order valence-corrected chi connectivity index (χ3v) is 3.90. The summed E-state index contributed by atoms with van der Waals surface area (Å²) in [5.74, 6) is 0. The third-order valence-electron chi connectivity index (χ3n) is 3.38. The quantitative estimate of drug-likeness (QED) is 0.766. The van der Waals surface area contributed by atoms with Gasteiger partial charge in [0.15, 0.2) is 0 Å². The molecule has 21 heavy (non-hydrogen) atoms. The van der Waals surface area contributed by atoms with Crippen molar-refractivity contribution in [1.82, 2.24) is 4.90 Å². The summed E-state index contributed by atoms with van der Waals surface area (Å²) in [5, 5.41) is 0. The van der Waals surface area contributed by atoms with Gasteiger partial charge in [0.05, 0.1) is 6.61 Å². The van der Waals surface area contributed by atoms with E-state index in [1.54, 1.807) is 0 Å². The van der Waals surface area contributed by atoms with Crippen LogP contribution < -0.4 is 0 Å². The second-order valence-electron chi connectivity index (χ2n) is 5.52.